The first-order valence-corrected chi connectivity index (χ1v) is 41.4. The van der Waals surface area contributed by atoms with Crippen LogP contribution in [-0.4, -0.2) is 105 Å². The van der Waals surface area contributed by atoms with Crippen molar-refractivity contribution in [2.24, 2.45) is 5.73 Å². The zero-order valence-electron chi connectivity index (χ0n) is 63.2. The summed E-state index contributed by atoms with van der Waals surface area (Å²) in [5.41, 5.74) is 36.1. The molecule has 0 fully saturated rings. The van der Waals surface area contributed by atoms with Crippen molar-refractivity contribution >= 4 is 102 Å². The number of H-pyrrole nitrogens is 2. The first-order valence-electron chi connectivity index (χ1n) is 36.6. The predicted molar refractivity (Wildman–Crippen MR) is 443 cm³/mol. The molecule has 0 radical (unpaired) electrons. The number of pyridine rings is 4. The molecule has 2 atom stereocenters. The lowest BCUT2D eigenvalue weighted by Crippen LogP contribution is -2.24. The molecule has 28 heteroatoms. The van der Waals surface area contributed by atoms with Crippen molar-refractivity contribution < 1.29 is 18.9 Å². The van der Waals surface area contributed by atoms with Crippen LogP contribution in [0, 0.1) is 0 Å². The minimum atomic E-state index is -3.22. The van der Waals surface area contributed by atoms with Crippen LogP contribution < -0.4 is 22.3 Å². The van der Waals surface area contributed by atoms with Crippen LogP contribution in [0.3, 0.4) is 0 Å². The van der Waals surface area contributed by atoms with Gasteiger partial charge in [0.15, 0.2) is 22.7 Å². The minimum absolute atomic E-state index is 0.115. The van der Waals surface area contributed by atoms with Crippen molar-refractivity contribution in [1.29, 1.82) is 0 Å². The van der Waals surface area contributed by atoms with E-state index in [0.717, 1.165) is 99.5 Å². The summed E-state index contributed by atoms with van der Waals surface area (Å²) >= 11 is 20.1. The van der Waals surface area contributed by atoms with Gasteiger partial charge in [0.1, 0.15) is 23.2 Å². The van der Waals surface area contributed by atoms with Gasteiger partial charge in [-0.05, 0) is 191 Å². The molecule has 17 rings (SSSR count). The molecule has 111 heavy (non-hydrogen) atoms. The summed E-state index contributed by atoms with van der Waals surface area (Å²) in [5, 5.41) is 19.6. The average molecular weight is 1590 g/mol. The molecule has 13 aromatic rings. The second-order valence-electron chi connectivity index (χ2n) is 28.3. The second kappa shape index (κ2) is 37.5. The van der Waals surface area contributed by atoms with Gasteiger partial charge in [0.25, 0.3) is 5.56 Å². The van der Waals surface area contributed by atoms with E-state index in [0.29, 0.717) is 63.6 Å². The number of esters is 1. The summed E-state index contributed by atoms with van der Waals surface area (Å²) in [6, 6.07) is 38.7. The number of carbonyl (C=O) groups excluding carboxylic acids is 2. The second-order valence-corrected chi connectivity index (χ2v) is 35.4. The van der Waals surface area contributed by atoms with Crippen LogP contribution in [0.15, 0.2) is 206 Å². The van der Waals surface area contributed by atoms with E-state index < -0.39 is 11.2 Å². The quantitative estimate of drug-likeness (QED) is 0.0249. The molecule has 0 saturated carbocycles. The molecule has 0 saturated heterocycles. The Morgan fingerprint density at radius 1 is 0.595 bits per heavy atom. The largest absolute Gasteiger partial charge is 0.469 e. The van der Waals surface area contributed by atoms with E-state index in [4.69, 9.17) is 33.2 Å². The van der Waals surface area contributed by atoms with Crippen molar-refractivity contribution in [1.82, 2.24) is 73.9 Å². The Kier molecular flexibility index (Phi) is 27.5. The maximum atomic E-state index is 12.1. The fourth-order valence-corrected chi connectivity index (χ4v) is 13.8. The smallest absolute Gasteiger partial charge is 0.339 e. The number of benzene rings is 2. The molecule has 4 aliphatic rings. The summed E-state index contributed by atoms with van der Waals surface area (Å²) in [7, 11) is 1.25. The summed E-state index contributed by atoms with van der Waals surface area (Å²) in [6.07, 6.45) is 29.9. The van der Waals surface area contributed by atoms with Gasteiger partial charge in [-0.3, -0.25) is 49.1 Å². The molecule has 0 spiro atoms. The first-order chi connectivity index (χ1) is 53.3. The van der Waals surface area contributed by atoms with Crippen LogP contribution >= 0.6 is 50.5 Å². The Morgan fingerprint density at radius 3 is 1.58 bits per heavy atom. The predicted octanol–water partition coefficient (Wildman–Crippen LogP) is 18.9. The number of nitrogens with one attached hydrogen (secondary N) is 3. The number of fused-ring (bicyclic) bond motifs is 7. The Bertz CT molecular complexity index is 5540. The molecule has 0 bridgehead atoms. The molecule has 2 aromatic carbocycles. The molecule has 0 amide bonds. The van der Waals surface area contributed by atoms with Crippen LogP contribution in [0.25, 0.3) is 61.9 Å². The van der Waals surface area contributed by atoms with E-state index in [1.807, 2.05) is 65.7 Å². The van der Waals surface area contributed by atoms with Crippen LogP contribution in [0.1, 0.15) is 179 Å². The van der Waals surface area contributed by atoms with Gasteiger partial charge >= 0.3 is 11.2 Å². The number of nitrogens with zero attached hydrogens (tertiary/aromatic N) is 13. The highest BCUT2D eigenvalue weighted by molar-refractivity contribution is 8.24. The Morgan fingerprint density at radius 2 is 1.08 bits per heavy atom. The summed E-state index contributed by atoms with van der Waals surface area (Å²) in [5.74, 6) is 2.35. The maximum absolute atomic E-state index is 12.1. The summed E-state index contributed by atoms with van der Waals surface area (Å²) in [6.45, 7) is 16.9. The molecule has 11 heterocycles. The van der Waals surface area contributed by atoms with E-state index in [1.54, 1.807) is 82.3 Å². The fraction of sp³-hybridized carbons (Fsp3) is 0.289. The Balaban J connectivity index is 0.000000136. The molecule has 4 aliphatic carbocycles. The number of Topliss-reactive ketones (excluding diaryl/α,β-unsaturated/α-hetero) is 1. The molecule has 11 aromatic heterocycles. The number of halogens is 4. The highest BCUT2D eigenvalue weighted by Crippen LogP contribution is 2.61. The van der Waals surface area contributed by atoms with E-state index in [-0.39, 0.29) is 17.8 Å². The number of ketones is 1. The number of methoxy groups -OCH3 is 1. The lowest BCUT2D eigenvalue weighted by molar-refractivity contribution is -0.139. The van der Waals surface area contributed by atoms with Crippen molar-refractivity contribution in [2.45, 2.75) is 149 Å². The molecule has 574 valence electrons. The van der Waals surface area contributed by atoms with Crippen molar-refractivity contribution in [2.75, 3.05) is 18.2 Å². The normalized spacial score (nSPS) is 14.6. The number of ether oxygens (including phenoxy) is 1. The highest BCUT2D eigenvalue weighted by atomic mass is 36.0. The van der Waals surface area contributed by atoms with Gasteiger partial charge < -0.3 is 21.5 Å². The number of rotatable bonds is 12. The number of allylic oxidation sites excluding steroid dienone is 2. The van der Waals surface area contributed by atoms with Crippen molar-refractivity contribution in [3.05, 3.63) is 266 Å². The fourth-order valence-electron chi connectivity index (χ4n) is 13.6. The van der Waals surface area contributed by atoms with Gasteiger partial charge in [0, 0.05) is 131 Å². The van der Waals surface area contributed by atoms with E-state index in [9.17, 15) is 18.9 Å². The summed E-state index contributed by atoms with van der Waals surface area (Å²) in [4.78, 5) is 64.5. The molecule has 23 nitrogen and oxygen atoms in total. The number of carbonyl (C=O) groups is 2. The third-order valence-electron chi connectivity index (χ3n) is 19.3. The topological polar surface area (TPSA) is 315 Å². The summed E-state index contributed by atoms with van der Waals surface area (Å²) < 4.78 is 19.0. The lowest BCUT2D eigenvalue weighted by Gasteiger charge is -2.26. The van der Waals surface area contributed by atoms with Crippen LogP contribution in [-0.2, 0) is 26.9 Å². The van der Waals surface area contributed by atoms with Crippen LogP contribution in [0.5, 0.6) is 0 Å². The number of aromatic amines is 2. The van der Waals surface area contributed by atoms with Crippen LogP contribution in [0.4, 0.5) is 11.6 Å². The third kappa shape index (κ3) is 20.9. The molecular formula is C83H89Cl4N18O5P. The maximum Gasteiger partial charge on any atom is 0.339 e. The van der Waals surface area contributed by atoms with Crippen molar-refractivity contribution in [3.8, 4) is 33.8 Å². The van der Waals surface area contributed by atoms with Gasteiger partial charge in [-0.2, -0.15) is 19.8 Å². The molecule has 0 aliphatic heterocycles. The third-order valence-corrected chi connectivity index (χ3v) is 19.6. The Labute approximate surface area is 663 Å². The van der Waals surface area contributed by atoms with Gasteiger partial charge in [-0.25, -0.2) is 24.0 Å². The number of nitrogen functional groups attached to an aromatic ring is 1. The molecule has 0 unspecified atom stereocenters. The first kappa shape index (κ1) is 81.5. The SMILES string of the molecule is CC(C)c1c[nH]n2c(=O)cc(-c3cccnc3)nc12.CC(C)c1cn[nH]c1N.CC(C)c1cnn2c(Cl)cc(-c3cccnc3)nc12.CC(C)c1cnn2c(N[C@@H]3CCC4=C(C3)c3ccccc3C4)cc(-c3cccnc3)nc12.COC(=O)CC(=O)c1cccnc1.N[C@@H]1CCC2=C(C1)c1ccccc1C2.O=P(Cl)(Cl)Cl. The number of nitrogens with two attached hydrogens (primary N) is 2. The van der Waals surface area contributed by atoms with E-state index in [1.165, 1.54) is 65.4 Å². The standard InChI is InChI=1S/C27H27N5.C14H13ClN4.C14H14N4O.C13H15N.C9H9NO3.C6H11N3.Cl3OP/c1-17(2)24-16-29-32-26(14-25(31-27(24)32)20-7-5-11-28-15-20)30-21-10-9-19-12-18-6-3-4-8-22(18)23(19)13-21;1-9(2)11-8-17-19-13(15)6-12(18-14(11)19)10-4-3-5-16-7-10;1-9(2)11-8-16-18-13(19)6-12(17-14(11)18)10-4-3-5-15-7-10;14-11-6-5-10-7-9-3-1-2-4-12(9)13(10)8-11;1-13-9(12)5-8(11)7-3-2-4-10-6-7;1-4(2)5-3-8-9-6(5)7;1-5(2,3)4/h3-8,11,14-17,21,30H,9-10,12-13H2,1-2H3;3-9H,1-2H3;3-9,16H,1-2H3;1-4,11H,5-8,14H2;2-4,6H,5H2,1H3;3-4H,1-2H3,(H3,7,8,9);/t21-;;;11-;;;/m1..1.../s1. The van der Waals surface area contributed by atoms with Gasteiger partial charge in [0.2, 0.25) is 0 Å². The van der Waals surface area contributed by atoms with Gasteiger partial charge in [-0.15, -0.1) is 0 Å². The zero-order chi connectivity index (χ0) is 79.0. The highest BCUT2D eigenvalue weighted by Gasteiger charge is 2.30. The van der Waals surface area contributed by atoms with Gasteiger partial charge in [-0.1, -0.05) is 127 Å². The van der Waals surface area contributed by atoms with E-state index in [2.05, 4.69) is 210 Å². The lowest BCUT2D eigenvalue weighted by atomic mass is 9.88. The zero-order valence-corrected chi connectivity index (χ0v) is 67.1. The number of hydrogen-bond donors (Lipinski definition) is 5. The average Bonchev–Trinajstić information content (AvgIpc) is 1.90. The van der Waals surface area contributed by atoms with Crippen LogP contribution in [0.2, 0.25) is 5.15 Å². The van der Waals surface area contributed by atoms with Crippen molar-refractivity contribution in [3.63, 3.8) is 0 Å². The monoisotopic (exact) mass is 1590 g/mol. The number of aromatic nitrogens is 15. The number of anilines is 2. The Hall–Kier alpha value is -10.5. The number of hydrogen-bond acceptors (Lipinski definition) is 18. The molecule has 7 N–H and O–H groups in total. The van der Waals surface area contributed by atoms with E-state index >= 15 is 0 Å². The minimum Gasteiger partial charge on any atom is -0.469 e. The van der Waals surface area contributed by atoms with Gasteiger partial charge in [0.05, 0.1) is 42.8 Å². The molecular weight excluding hydrogens is 1500 g/mol.